The van der Waals surface area contributed by atoms with Crippen molar-refractivity contribution < 1.29 is 4.74 Å². The Bertz CT molecular complexity index is 433. The molecule has 1 heterocycles. The van der Waals surface area contributed by atoms with Gasteiger partial charge in [-0.15, -0.1) is 24.0 Å². The van der Waals surface area contributed by atoms with Crippen LogP contribution >= 0.6 is 24.0 Å². The molecule has 0 spiro atoms. The largest absolute Gasteiger partial charge is 0.379 e. The number of rotatable bonds is 5. The zero-order chi connectivity index (χ0) is 14.9. The van der Waals surface area contributed by atoms with Crippen LogP contribution in [0.25, 0.3) is 0 Å². The second-order valence-electron chi connectivity index (χ2n) is 5.40. The minimum absolute atomic E-state index is 0. The van der Waals surface area contributed by atoms with E-state index in [-0.39, 0.29) is 24.0 Å². The topological polar surface area (TPSA) is 40.1 Å². The fourth-order valence-electron chi connectivity index (χ4n) is 2.26. The smallest absolute Gasteiger partial charge is 0.193 e. The summed E-state index contributed by atoms with van der Waals surface area (Å²) in [5, 5.41) is 3.43. The molecule has 0 aliphatic carbocycles. The van der Waals surface area contributed by atoms with Gasteiger partial charge in [-0.25, -0.2) is 4.99 Å². The van der Waals surface area contributed by atoms with Crippen molar-refractivity contribution in [3.63, 3.8) is 0 Å². The highest BCUT2D eigenvalue weighted by Crippen LogP contribution is 2.00. The molecule has 124 valence electrons. The number of aliphatic imine (C=N–C) groups is 1. The van der Waals surface area contributed by atoms with E-state index in [2.05, 4.69) is 27.3 Å². The van der Waals surface area contributed by atoms with Crippen molar-refractivity contribution in [2.24, 2.45) is 4.99 Å². The number of hydrogen-bond acceptors (Lipinski definition) is 3. The molecule has 1 aromatic rings. The predicted octanol–water partition coefficient (Wildman–Crippen LogP) is 1.64. The summed E-state index contributed by atoms with van der Waals surface area (Å²) in [5.74, 6) is 0.937. The molecule has 0 atom stereocenters. The third kappa shape index (κ3) is 6.93. The van der Waals surface area contributed by atoms with Gasteiger partial charge in [0.2, 0.25) is 0 Å². The van der Waals surface area contributed by atoms with Crippen molar-refractivity contribution in [2.45, 2.75) is 6.54 Å². The van der Waals surface area contributed by atoms with Gasteiger partial charge in [-0.05, 0) is 5.56 Å². The third-order valence-corrected chi connectivity index (χ3v) is 3.49. The highest BCUT2D eigenvalue weighted by molar-refractivity contribution is 14.0. The normalized spacial score (nSPS) is 16.0. The van der Waals surface area contributed by atoms with Gasteiger partial charge >= 0.3 is 0 Å². The summed E-state index contributed by atoms with van der Waals surface area (Å²) in [5.41, 5.74) is 1.23. The predicted molar refractivity (Wildman–Crippen MR) is 102 cm³/mol. The summed E-state index contributed by atoms with van der Waals surface area (Å²) >= 11 is 0. The van der Waals surface area contributed by atoms with Gasteiger partial charge in [0.25, 0.3) is 0 Å². The lowest BCUT2D eigenvalue weighted by molar-refractivity contribution is 0.0388. The molecule has 0 bridgehead atoms. The SMILES string of the molecule is CN(C)C(=NCc1ccccc1)NCCN1CCOCC1.I. The molecular weight excluding hydrogens is 391 g/mol. The summed E-state index contributed by atoms with van der Waals surface area (Å²) in [6.07, 6.45) is 0. The van der Waals surface area contributed by atoms with Crippen molar-refractivity contribution in [3.8, 4) is 0 Å². The van der Waals surface area contributed by atoms with Gasteiger partial charge in [0.15, 0.2) is 5.96 Å². The van der Waals surface area contributed by atoms with Crippen LogP contribution in [0.2, 0.25) is 0 Å². The average molecular weight is 418 g/mol. The molecule has 0 aromatic heterocycles. The number of morpholine rings is 1. The molecule has 5 nitrogen and oxygen atoms in total. The lowest BCUT2D eigenvalue weighted by Gasteiger charge is -2.27. The van der Waals surface area contributed by atoms with Gasteiger partial charge in [0.1, 0.15) is 0 Å². The first kappa shape index (κ1) is 19.2. The first-order chi connectivity index (χ1) is 10.3. The molecule has 1 saturated heterocycles. The summed E-state index contributed by atoms with van der Waals surface area (Å²) in [7, 11) is 4.04. The fraction of sp³-hybridized carbons (Fsp3) is 0.562. The van der Waals surface area contributed by atoms with Gasteiger partial charge in [0.05, 0.1) is 19.8 Å². The number of benzene rings is 1. The highest BCUT2D eigenvalue weighted by atomic mass is 127. The van der Waals surface area contributed by atoms with Gasteiger partial charge in [0, 0.05) is 40.3 Å². The van der Waals surface area contributed by atoms with Crippen LogP contribution < -0.4 is 5.32 Å². The minimum atomic E-state index is 0. The van der Waals surface area contributed by atoms with Crippen molar-refractivity contribution in [2.75, 3.05) is 53.5 Å². The van der Waals surface area contributed by atoms with Crippen LogP contribution in [0.4, 0.5) is 0 Å². The second-order valence-corrected chi connectivity index (χ2v) is 5.40. The Kier molecular flexibility index (Phi) is 9.42. The first-order valence-electron chi connectivity index (χ1n) is 7.55. The lowest BCUT2D eigenvalue weighted by Crippen LogP contribution is -2.44. The molecule has 0 amide bonds. The highest BCUT2D eigenvalue weighted by Gasteiger charge is 2.10. The van der Waals surface area contributed by atoms with Crippen molar-refractivity contribution in [1.29, 1.82) is 0 Å². The molecule has 0 saturated carbocycles. The number of nitrogens with zero attached hydrogens (tertiary/aromatic N) is 3. The lowest BCUT2D eigenvalue weighted by atomic mass is 10.2. The van der Waals surface area contributed by atoms with Crippen LogP contribution in [0.15, 0.2) is 35.3 Å². The Morgan fingerprint density at radius 2 is 1.91 bits per heavy atom. The number of halogens is 1. The number of nitrogens with one attached hydrogen (secondary N) is 1. The summed E-state index contributed by atoms with van der Waals surface area (Å²) in [6, 6.07) is 10.3. The second kappa shape index (κ2) is 10.8. The molecule has 1 aliphatic rings. The van der Waals surface area contributed by atoms with E-state index >= 15 is 0 Å². The molecule has 1 fully saturated rings. The van der Waals surface area contributed by atoms with Crippen LogP contribution in [0, 0.1) is 0 Å². The van der Waals surface area contributed by atoms with E-state index in [0.29, 0.717) is 6.54 Å². The van der Waals surface area contributed by atoms with Crippen LogP contribution in [0.1, 0.15) is 5.56 Å². The van der Waals surface area contributed by atoms with E-state index in [9.17, 15) is 0 Å². The molecule has 22 heavy (non-hydrogen) atoms. The number of guanidine groups is 1. The standard InChI is InChI=1S/C16H26N4O.HI/c1-19(2)16(18-14-15-6-4-3-5-7-15)17-8-9-20-10-12-21-13-11-20;/h3-7H,8-14H2,1-2H3,(H,17,18);1H. The average Bonchev–Trinajstić information content (AvgIpc) is 2.52. The molecule has 1 aliphatic heterocycles. The van der Waals surface area contributed by atoms with Crippen molar-refractivity contribution in [1.82, 2.24) is 15.1 Å². The van der Waals surface area contributed by atoms with Gasteiger partial charge in [-0.3, -0.25) is 4.90 Å². The van der Waals surface area contributed by atoms with Gasteiger partial charge < -0.3 is 15.0 Å². The van der Waals surface area contributed by atoms with Crippen LogP contribution in [-0.4, -0.2) is 69.2 Å². The molecule has 1 aromatic carbocycles. The Hall–Kier alpha value is -0.860. The Morgan fingerprint density at radius 1 is 1.23 bits per heavy atom. The summed E-state index contributed by atoms with van der Waals surface area (Å²) in [6.45, 7) is 6.40. The van der Waals surface area contributed by atoms with Crippen molar-refractivity contribution in [3.05, 3.63) is 35.9 Å². The molecule has 0 radical (unpaired) electrons. The van der Waals surface area contributed by atoms with Crippen LogP contribution in [-0.2, 0) is 11.3 Å². The Morgan fingerprint density at radius 3 is 2.55 bits per heavy atom. The quantitative estimate of drug-likeness (QED) is 0.449. The monoisotopic (exact) mass is 418 g/mol. The van der Waals surface area contributed by atoms with E-state index in [1.54, 1.807) is 0 Å². The van der Waals surface area contributed by atoms with Gasteiger partial charge in [-0.2, -0.15) is 0 Å². The van der Waals surface area contributed by atoms with Crippen LogP contribution in [0.3, 0.4) is 0 Å². The first-order valence-corrected chi connectivity index (χ1v) is 7.55. The molecular formula is C16H27IN4O. The molecule has 1 N–H and O–H groups in total. The minimum Gasteiger partial charge on any atom is -0.379 e. The van der Waals surface area contributed by atoms with E-state index in [1.165, 1.54) is 5.56 Å². The third-order valence-electron chi connectivity index (χ3n) is 3.49. The molecule has 6 heteroatoms. The maximum Gasteiger partial charge on any atom is 0.193 e. The van der Waals surface area contributed by atoms with Crippen molar-refractivity contribution >= 4 is 29.9 Å². The van der Waals surface area contributed by atoms with E-state index in [0.717, 1.165) is 45.4 Å². The fourth-order valence-corrected chi connectivity index (χ4v) is 2.26. The summed E-state index contributed by atoms with van der Waals surface area (Å²) < 4.78 is 5.36. The van der Waals surface area contributed by atoms with Gasteiger partial charge in [-0.1, -0.05) is 30.3 Å². The Labute approximate surface area is 150 Å². The van der Waals surface area contributed by atoms with E-state index in [4.69, 9.17) is 4.74 Å². The van der Waals surface area contributed by atoms with E-state index < -0.39 is 0 Å². The molecule has 2 rings (SSSR count). The zero-order valence-electron chi connectivity index (χ0n) is 13.5. The summed E-state index contributed by atoms with van der Waals surface area (Å²) in [4.78, 5) is 9.11. The Balaban J connectivity index is 0.00000242. The number of ether oxygens (including phenoxy) is 1. The number of hydrogen-bond donors (Lipinski definition) is 1. The maximum absolute atomic E-state index is 5.36. The molecule has 0 unspecified atom stereocenters. The maximum atomic E-state index is 5.36. The zero-order valence-corrected chi connectivity index (χ0v) is 15.8. The van der Waals surface area contributed by atoms with Crippen LogP contribution in [0.5, 0.6) is 0 Å². The van der Waals surface area contributed by atoms with E-state index in [1.807, 2.05) is 37.2 Å².